The Kier molecular flexibility index (Phi) is 3.49. The molecule has 0 aliphatic heterocycles. The van der Waals surface area contributed by atoms with Crippen LogP contribution in [0, 0.1) is 12.8 Å². The van der Waals surface area contributed by atoms with Crippen molar-refractivity contribution in [2.24, 2.45) is 5.92 Å². The molecule has 1 aromatic heterocycles. The van der Waals surface area contributed by atoms with E-state index in [0.29, 0.717) is 18.5 Å². The molecule has 1 saturated carbocycles. The number of aryl methyl sites for hydroxylation is 1. The van der Waals surface area contributed by atoms with Crippen molar-refractivity contribution in [1.29, 1.82) is 0 Å². The van der Waals surface area contributed by atoms with E-state index in [-0.39, 0.29) is 6.03 Å². The lowest BCUT2D eigenvalue weighted by molar-refractivity contribution is 0.236. The van der Waals surface area contributed by atoms with Crippen molar-refractivity contribution in [2.75, 3.05) is 0 Å². The smallest absolute Gasteiger partial charge is 0.315 e. The molecule has 3 nitrogen and oxygen atoms in total. The van der Waals surface area contributed by atoms with Gasteiger partial charge in [-0.2, -0.15) is 0 Å². The van der Waals surface area contributed by atoms with Gasteiger partial charge in [-0.25, -0.2) is 4.79 Å². The van der Waals surface area contributed by atoms with Gasteiger partial charge in [0.05, 0.1) is 6.54 Å². The standard InChI is InChI=1S/C12H18N2OS/c1-8-5-6-16-11(8)7-13-12(15)14-9(2)10-3-4-10/h5-6,9-10H,3-4,7H2,1-2H3,(H2,13,14,15). The van der Waals surface area contributed by atoms with Gasteiger partial charge in [0.15, 0.2) is 0 Å². The molecule has 0 radical (unpaired) electrons. The van der Waals surface area contributed by atoms with Gasteiger partial charge >= 0.3 is 6.03 Å². The number of thiophene rings is 1. The first-order valence-electron chi connectivity index (χ1n) is 5.74. The number of amides is 2. The normalized spacial score (nSPS) is 16.9. The van der Waals surface area contributed by atoms with Gasteiger partial charge in [0.1, 0.15) is 0 Å². The Labute approximate surface area is 100 Å². The lowest BCUT2D eigenvalue weighted by Crippen LogP contribution is -2.41. The zero-order valence-electron chi connectivity index (χ0n) is 9.75. The van der Waals surface area contributed by atoms with Gasteiger partial charge < -0.3 is 10.6 Å². The van der Waals surface area contributed by atoms with Crippen LogP contribution in [0.15, 0.2) is 11.4 Å². The monoisotopic (exact) mass is 238 g/mol. The Bertz CT molecular complexity index is 371. The highest BCUT2D eigenvalue weighted by Crippen LogP contribution is 2.32. The van der Waals surface area contributed by atoms with E-state index in [0.717, 1.165) is 0 Å². The minimum Gasteiger partial charge on any atom is -0.335 e. The highest BCUT2D eigenvalue weighted by molar-refractivity contribution is 7.10. The number of hydrogen-bond donors (Lipinski definition) is 2. The fourth-order valence-corrected chi connectivity index (χ4v) is 2.56. The van der Waals surface area contributed by atoms with Crippen molar-refractivity contribution >= 4 is 17.4 Å². The van der Waals surface area contributed by atoms with Gasteiger partial charge in [0, 0.05) is 10.9 Å². The summed E-state index contributed by atoms with van der Waals surface area (Å²) in [5, 5.41) is 7.93. The van der Waals surface area contributed by atoms with Crippen LogP contribution in [-0.4, -0.2) is 12.1 Å². The quantitative estimate of drug-likeness (QED) is 0.832. The molecule has 0 spiro atoms. The molecule has 2 N–H and O–H groups in total. The summed E-state index contributed by atoms with van der Waals surface area (Å²) in [6.45, 7) is 4.78. The molecule has 1 aromatic rings. The SMILES string of the molecule is Cc1ccsc1CNC(=O)NC(C)C1CC1. The Morgan fingerprint density at radius 3 is 2.94 bits per heavy atom. The second-order valence-corrected chi connectivity index (χ2v) is 5.48. The summed E-state index contributed by atoms with van der Waals surface area (Å²) < 4.78 is 0. The minimum absolute atomic E-state index is 0.0489. The molecule has 1 fully saturated rings. The maximum absolute atomic E-state index is 11.6. The molecule has 1 aliphatic rings. The maximum Gasteiger partial charge on any atom is 0.315 e. The molecule has 88 valence electrons. The second-order valence-electron chi connectivity index (χ2n) is 4.48. The number of hydrogen-bond acceptors (Lipinski definition) is 2. The summed E-state index contributed by atoms with van der Waals surface area (Å²) in [6, 6.07) is 2.34. The minimum atomic E-state index is -0.0489. The van der Waals surface area contributed by atoms with Crippen molar-refractivity contribution in [3.63, 3.8) is 0 Å². The predicted octanol–water partition coefficient (Wildman–Crippen LogP) is 2.65. The summed E-state index contributed by atoms with van der Waals surface area (Å²) in [6.07, 6.45) is 2.51. The Hall–Kier alpha value is -1.03. The van der Waals surface area contributed by atoms with E-state index in [1.165, 1.54) is 23.3 Å². The lowest BCUT2D eigenvalue weighted by Gasteiger charge is -2.13. The van der Waals surface area contributed by atoms with Gasteiger partial charge in [-0.05, 0) is 49.6 Å². The summed E-state index contributed by atoms with van der Waals surface area (Å²) >= 11 is 1.69. The van der Waals surface area contributed by atoms with Gasteiger partial charge in [-0.3, -0.25) is 0 Å². The number of rotatable bonds is 4. The molecule has 2 amide bonds. The molecule has 16 heavy (non-hydrogen) atoms. The maximum atomic E-state index is 11.6. The molecule has 1 atom stereocenters. The van der Waals surface area contributed by atoms with Crippen LogP contribution in [0.1, 0.15) is 30.2 Å². The van der Waals surface area contributed by atoms with E-state index in [1.54, 1.807) is 11.3 Å². The molecule has 0 aromatic carbocycles. The van der Waals surface area contributed by atoms with Gasteiger partial charge in [-0.15, -0.1) is 11.3 Å². The zero-order valence-corrected chi connectivity index (χ0v) is 10.6. The van der Waals surface area contributed by atoms with E-state index in [9.17, 15) is 4.79 Å². The second kappa shape index (κ2) is 4.87. The van der Waals surface area contributed by atoms with Crippen LogP contribution >= 0.6 is 11.3 Å². The van der Waals surface area contributed by atoms with Crippen molar-refractivity contribution in [2.45, 2.75) is 39.3 Å². The zero-order chi connectivity index (χ0) is 11.5. The van der Waals surface area contributed by atoms with Gasteiger partial charge in [-0.1, -0.05) is 0 Å². The van der Waals surface area contributed by atoms with E-state index < -0.39 is 0 Å². The third kappa shape index (κ3) is 2.98. The summed E-state index contributed by atoms with van der Waals surface area (Å²) in [7, 11) is 0. The predicted molar refractivity (Wildman–Crippen MR) is 66.6 cm³/mol. The van der Waals surface area contributed by atoms with Crippen LogP contribution < -0.4 is 10.6 Å². The first-order chi connectivity index (χ1) is 7.66. The Morgan fingerprint density at radius 2 is 2.38 bits per heavy atom. The summed E-state index contributed by atoms with van der Waals surface area (Å²) in [4.78, 5) is 12.8. The molecule has 0 bridgehead atoms. The Balaban J connectivity index is 1.73. The Morgan fingerprint density at radius 1 is 1.62 bits per heavy atom. The van der Waals surface area contributed by atoms with E-state index >= 15 is 0 Å². The number of carbonyl (C=O) groups excluding carboxylic acids is 1. The van der Waals surface area contributed by atoms with Crippen molar-refractivity contribution < 1.29 is 4.79 Å². The molecular weight excluding hydrogens is 220 g/mol. The molecular formula is C12H18N2OS. The molecule has 4 heteroatoms. The van der Waals surface area contributed by atoms with Gasteiger partial charge in [0.25, 0.3) is 0 Å². The van der Waals surface area contributed by atoms with Crippen LogP contribution in [0.2, 0.25) is 0 Å². The summed E-state index contributed by atoms with van der Waals surface area (Å²) in [5.41, 5.74) is 1.25. The van der Waals surface area contributed by atoms with Crippen LogP contribution in [0.3, 0.4) is 0 Å². The molecule has 0 saturated heterocycles. The first-order valence-corrected chi connectivity index (χ1v) is 6.62. The lowest BCUT2D eigenvalue weighted by atomic mass is 10.2. The summed E-state index contributed by atoms with van der Waals surface area (Å²) in [5.74, 6) is 0.703. The molecule has 1 unspecified atom stereocenters. The highest BCUT2D eigenvalue weighted by atomic mass is 32.1. The van der Waals surface area contributed by atoms with E-state index in [2.05, 4.69) is 35.9 Å². The van der Waals surface area contributed by atoms with Crippen molar-refractivity contribution in [3.05, 3.63) is 21.9 Å². The van der Waals surface area contributed by atoms with E-state index in [1.807, 2.05) is 0 Å². The largest absolute Gasteiger partial charge is 0.335 e. The van der Waals surface area contributed by atoms with Crippen molar-refractivity contribution in [1.82, 2.24) is 10.6 Å². The third-order valence-electron chi connectivity index (χ3n) is 3.07. The van der Waals surface area contributed by atoms with Crippen LogP contribution in [0.25, 0.3) is 0 Å². The number of carbonyl (C=O) groups is 1. The first kappa shape index (κ1) is 11.5. The number of urea groups is 1. The fraction of sp³-hybridized carbons (Fsp3) is 0.583. The van der Waals surface area contributed by atoms with Crippen LogP contribution in [0.5, 0.6) is 0 Å². The average Bonchev–Trinajstić information content (AvgIpc) is 3.00. The molecule has 1 heterocycles. The van der Waals surface area contributed by atoms with Crippen LogP contribution in [-0.2, 0) is 6.54 Å². The highest BCUT2D eigenvalue weighted by Gasteiger charge is 2.28. The number of nitrogens with one attached hydrogen (secondary N) is 2. The topological polar surface area (TPSA) is 41.1 Å². The van der Waals surface area contributed by atoms with Crippen LogP contribution in [0.4, 0.5) is 4.79 Å². The van der Waals surface area contributed by atoms with E-state index in [4.69, 9.17) is 0 Å². The third-order valence-corrected chi connectivity index (χ3v) is 4.09. The fourth-order valence-electron chi connectivity index (χ4n) is 1.72. The molecule has 2 rings (SSSR count). The molecule has 1 aliphatic carbocycles. The van der Waals surface area contributed by atoms with Crippen molar-refractivity contribution in [3.8, 4) is 0 Å². The average molecular weight is 238 g/mol. The van der Waals surface area contributed by atoms with Gasteiger partial charge in [0.2, 0.25) is 0 Å².